The van der Waals surface area contributed by atoms with Crippen LogP contribution in [0.5, 0.6) is 0 Å². The number of esters is 1. The predicted octanol–water partition coefficient (Wildman–Crippen LogP) is -0.560. The first kappa shape index (κ1) is 9.38. The minimum atomic E-state index is -2.91. The number of rotatable bonds is 4. The average molecular weight is 168 g/mol. The van der Waals surface area contributed by atoms with E-state index in [9.17, 15) is 13.2 Å². The van der Waals surface area contributed by atoms with E-state index in [-0.39, 0.29) is 6.42 Å². The lowest BCUT2D eigenvalue weighted by molar-refractivity contribution is -0.149. The summed E-state index contributed by atoms with van der Waals surface area (Å²) in [7, 11) is -2.91. The Morgan fingerprint density at radius 2 is 2.10 bits per heavy atom. The predicted molar refractivity (Wildman–Crippen MR) is 32.6 cm³/mol. The summed E-state index contributed by atoms with van der Waals surface area (Å²) in [6, 6.07) is 0. The van der Waals surface area contributed by atoms with Gasteiger partial charge in [-0.05, 0) is 0 Å². The van der Waals surface area contributed by atoms with Crippen LogP contribution in [-0.2, 0) is 24.7 Å². The van der Waals surface area contributed by atoms with Crippen LogP contribution in [0.25, 0.3) is 0 Å². The van der Waals surface area contributed by atoms with Gasteiger partial charge in [-0.25, -0.2) is 12.6 Å². The van der Waals surface area contributed by atoms with Crippen molar-refractivity contribution in [1.29, 1.82) is 0 Å². The Morgan fingerprint density at radius 3 is 2.50 bits per heavy atom. The molecule has 60 valence electrons. The van der Waals surface area contributed by atoms with Gasteiger partial charge < -0.3 is 4.74 Å². The quantitative estimate of drug-likeness (QED) is 0.346. The van der Waals surface area contributed by atoms with E-state index in [0.717, 1.165) is 0 Å². The van der Waals surface area contributed by atoms with Crippen LogP contribution in [0.1, 0.15) is 13.3 Å². The van der Waals surface area contributed by atoms with Crippen LogP contribution in [0, 0.1) is 0 Å². The van der Waals surface area contributed by atoms with Gasteiger partial charge >= 0.3 is 5.97 Å². The average Bonchev–Trinajstić information content (AvgIpc) is 1.87. The van der Waals surface area contributed by atoms with E-state index in [2.05, 4.69) is 8.92 Å². The Hall–Kier alpha value is -0.620. The van der Waals surface area contributed by atoms with Crippen molar-refractivity contribution in [3.05, 3.63) is 0 Å². The summed E-state index contributed by atoms with van der Waals surface area (Å²) >= 11 is 0. The molecule has 6 heteroatoms. The summed E-state index contributed by atoms with van der Waals surface area (Å²) in [5, 5.41) is 0. The lowest BCUT2D eigenvalue weighted by atomic mass is 10.5. The Morgan fingerprint density at radius 1 is 1.50 bits per heavy atom. The molecule has 0 aromatic carbocycles. The first-order valence-electron chi connectivity index (χ1n) is 2.59. The van der Waals surface area contributed by atoms with Gasteiger partial charge in [-0.3, -0.25) is 4.79 Å². The molecule has 0 spiro atoms. The van der Waals surface area contributed by atoms with Crippen molar-refractivity contribution in [2.75, 3.05) is 6.79 Å². The molecule has 0 fully saturated rings. The monoisotopic (exact) mass is 168 g/mol. The normalized spacial score (nSPS) is 9.80. The summed E-state index contributed by atoms with van der Waals surface area (Å²) < 4.78 is 27.6. The third kappa shape index (κ3) is 5.52. The fraction of sp³-hybridized carbons (Fsp3) is 0.750. The van der Waals surface area contributed by atoms with E-state index in [1.807, 2.05) is 0 Å². The van der Waals surface area contributed by atoms with E-state index in [4.69, 9.17) is 0 Å². The van der Waals surface area contributed by atoms with E-state index < -0.39 is 23.7 Å². The Kier molecular flexibility index (Phi) is 4.87. The van der Waals surface area contributed by atoms with Gasteiger partial charge in [0.05, 0.1) is 0 Å². The maximum atomic E-state index is 10.3. The summed E-state index contributed by atoms with van der Waals surface area (Å²) in [6.07, 6.45) is 0.207. The molecule has 0 aromatic rings. The van der Waals surface area contributed by atoms with Gasteiger partial charge in [0.1, 0.15) is 0 Å². The van der Waals surface area contributed by atoms with Crippen molar-refractivity contribution in [3.8, 4) is 0 Å². The van der Waals surface area contributed by atoms with Gasteiger partial charge in [0, 0.05) is 6.42 Å². The topological polar surface area (TPSA) is 69.7 Å². The summed E-state index contributed by atoms with van der Waals surface area (Å²) in [5.41, 5.74) is 0. The largest absolute Gasteiger partial charge is 0.437 e. The van der Waals surface area contributed by atoms with Crippen LogP contribution >= 0.6 is 0 Å². The third-order valence-electron chi connectivity index (χ3n) is 0.667. The first-order chi connectivity index (χ1) is 4.66. The third-order valence-corrected chi connectivity index (χ3v) is 0.983. The van der Waals surface area contributed by atoms with Crippen LogP contribution in [0.4, 0.5) is 0 Å². The van der Waals surface area contributed by atoms with Crippen LogP contribution < -0.4 is 0 Å². The smallest absolute Gasteiger partial charge is 0.307 e. The minimum Gasteiger partial charge on any atom is -0.437 e. The molecule has 0 aromatic heterocycles. The van der Waals surface area contributed by atoms with Gasteiger partial charge in [-0.1, -0.05) is 6.92 Å². The van der Waals surface area contributed by atoms with Crippen LogP contribution in [0.2, 0.25) is 0 Å². The number of hydrogen-bond acceptors (Lipinski definition) is 5. The van der Waals surface area contributed by atoms with Crippen molar-refractivity contribution >= 4 is 17.0 Å². The lowest BCUT2D eigenvalue weighted by Gasteiger charge is -1.97. The number of carbonyl (C=O) groups is 1. The molecule has 0 bridgehead atoms. The van der Waals surface area contributed by atoms with Crippen molar-refractivity contribution < 1.29 is 22.1 Å². The SMILES string of the molecule is CCC(=O)OCO[SH](=O)=O. The van der Waals surface area contributed by atoms with Crippen molar-refractivity contribution in [2.45, 2.75) is 13.3 Å². The van der Waals surface area contributed by atoms with Crippen molar-refractivity contribution in [2.24, 2.45) is 0 Å². The maximum Gasteiger partial charge on any atom is 0.307 e. The molecule has 0 atom stereocenters. The molecule has 0 amide bonds. The zero-order chi connectivity index (χ0) is 7.98. The number of carbonyl (C=O) groups excluding carboxylic acids is 1. The molecule has 0 radical (unpaired) electrons. The Labute approximate surface area is 60.1 Å². The Bertz CT molecular complexity index is 164. The highest BCUT2D eigenvalue weighted by Gasteiger charge is 1.96. The fourth-order valence-corrected chi connectivity index (χ4v) is 0.376. The van der Waals surface area contributed by atoms with Crippen LogP contribution in [0.15, 0.2) is 0 Å². The molecule has 0 N–H and O–H groups in total. The molecule has 10 heavy (non-hydrogen) atoms. The molecule has 0 aliphatic rings. The highest BCUT2D eigenvalue weighted by Crippen LogP contribution is 1.84. The van der Waals surface area contributed by atoms with Crippen molar-refractivity contribution in [1.82, 2.24) is 0 Å². The number of ether oxygens (including phenoxy) is 1. The highest BCUT2D eigenvalue weighted by atomic mass is 32.2. The fourth-order valence-electron chi connectivity index (χ4n) is 0.237. The molecule has 0 heterocycles. The Balaban J connectivity index is 3.28. The second-order valence-electron chi connectivity index (χ2n) is 1.34. The second kappa shape index (κ2) is 5.19. The lowest BCUT2D eigenvalue weighted by Crippen LogP contribution is -2.05. The van der Waals surface area contributed by atoms with E-state index >= 15 is 0 Å². The number of thiol groups is 1. The van der Waals surface area contributed by atoms with Gasteiger partial charge in [-0.15, -0.1) is 0 Å². The standard InChI is InChI=1S/C4H8O5S/c1-2-4(5)8-3-9-10(6)7/h10H,2-3H2,1H3. The molecular formula is C4H8O5S. The van der Waals surface area contributed by atoms with Gasteiger partial charge in [0.2, 0.25) is 6.79 Å². The summed E-state index contributed by atoms with van der Waals surface area (Å²) in [6.45, 7) is 1.07. The summed E-state index contributed by atoms with van der Waals surface area (Å²) in [5.74, 6) is -0.489. The molecule has 5 nitrogen and oxygen atoms in total. The maximum absolute atomic E-state index is 10.3. The zero-order valence-corrected chi connectivity index (χ0v) is 6.30. The molecular weight excluding hydrogens is 160 g/mol. The van der Waals surface area contributed by atoms with E-state index in [1.54, 1.807) is 6.92 Å². The molecule has 0 saturated carbocycles. The summed E-state index contributed by atoms with van der Waals surface area (Å²) in [4.78, 5) is 10.3. The minimum absolute atomic E-state index is 0.207. The first-order valence-corrected chi connectivity index (χ1v) is 3.69. The second-order valence-corrected chi connectivity index (χ2v) is 2.05. The molecule has 0 rings (SSSR count). The van der Waals surface area contributed by atoms with Gasteiger partial charge in [0.25, 0.3) is 11.0 Å². The van der Waals surface area contributed by atoms with Crippen LogP contribution in [0.3, 0.4) is 0 Å². The van der Waals surface area contributed by atoms with Gasteiger partial charge in [0.15, 0.2) is 0 Å². The molecule has 0 aliphatic carbocycles. The van der Waals surface area contributed by atoms with E-state index in [1.165, 1.54) is 0 Å². The molecule has 0 saturated heterocycles. The highest BCUT2D eigenvalue weighted by molar-refractivity contribution is 7.67. The molecule has 0 unspecified atom stereocenters. The van der Waals surface area contributed by atoms with E-state index in [0.29, 0.717) is 0 Å². The van der Waals surface area contributed by atoms with Crippen molar-refractivity contribution in [3.63, 3.8) is 0 Å². The zero-order valence-electron chi connectivity index (χ0n) is 5.40. The molecule has 0 aliphatic heterocycles. The number of hydrogen-bond donors (Lipinski definition) is 1. The van der Waals surface area contributed by atoms with Crippen LogP contribution in [-0.4, -0.2) is 21.2 Å². The van der Waals surface area contributed by atoms with Gasteiger partial charge in [-0.2, -0.15) is 0 Å².